The first-order valence-corrected chi connectivity index (χ1v) is 18.7. The summed E-state index contributed by atoms with van der Waals surface area (Å²) >= 11 is 0. The van der Waals surface area contributed by atoms with Crippen LogP contribution in [0.15, 0.2) is 24.4 Å². The minimum Gasteiger partial charge on any atom is -0.410 e. The summed E-state index contributed by atoms with van der Waals surface area (Å²) in [5.74, 6) is 0.0390. The van der Waals surface area contributed by atoms with Crippen LogP contribution in [0.5, 0.6) is 0 Å². The maximum Gasteiger partial charge on any atom is 0.417 e. The molecule has 0 aromatic carbocycles. The number of halogens is 3. The van der Waals surface area contributed by atoms with Crippen LogP contribution >= 0.6 is 0 Å². The van der Waals surface area contributed by atoms with Crippen LogP contribution in [0.3, 0.4) is 0 Å². The van der Waals surface area contributed by atoms with Gasteiger partial charge in [-0.2, -0.15) is 13.2 Å². The molecule has 0 bridgehead atoms. The van der Waals surface area contributed by atoms with Gasteiger partial charge in [-0.1, -0.05) is 40.7 Å². The Bertz CT molecular complexity index is 1380. The van der Waals surface area contributed by atoms with Gasteiger partial charge in [-0.05, 0) is 78.9 Å². The molecular weight excluding hydrogens is 585 g/mol. The van der Waals surface area contributed by atoms with E-state index in [1.807, 2.05) is 0 Å². The van der Waals surface area contributed by atoms with Gasteiger partial charge in [0, 0.05) is 42.1 Å². The van der Waals surface area contributed by atoms with Crippen molar-refractivity contribution in [3.8, 4) is 0 Å². The molecule has 4 heterocycles. The molecule has 0 radical (unpaired) electrons. The Hall–Kier alpha value is -2.11. The highest BCUT2D eigenvalue weighted by Gasteiger charge is 2.45. The van der Waals surface area contributed by atoms with Crippen molar-refractivity contribution in [3.05, 3.63) is 63.7 Å². The number of hydrogen-bond donors (Lipinski definition) is 1. The molecule has 6 nitrogen and oxygen atoms in total. The van der Waals surface area contributed by atoms with Crippen LogP contribution in [0, 0.1) is 5.41 Å². The number of aliphatic hydroxyl groups is 1. The fourth-order valence-corrected chi connectivity index (χ4v) is 7.74. The molecule has 2 aromatic heterocycles. The lowest BCUT2D eigenvalue weighted by molar-refractivity contribution is -0.137. The first-order valence-electron chi connectivity index (χ1n) is 15.8. The van der Waals surface area contributed by atoms with E-state index in [1.54, 1.807) is 0 Å². The molecule has 1 saturated heterocycles. The first-order chi connectivity index (χ1) is 20.5. The van der Waals surface area contributed by atoms with Gasteiger partial charge < -0.3 is 19.0 Å². The van der Waals surface area contributed by atoms with Gasteiger partial charge in [-0.3, -0.25) is 9.97 Å². The van der Waals surface area contributed by atoms with Crippen molar-refractivity contribution in [2.75, 3.05) is 26.4 Å². The summed E-state index contributed by atoms with van der Waals surface area (Å²) in [6.07, 6.45) is 0.575. The zero-order chi connectivity index (χ0) is 32.1. The predicted molar refractivity (Wildman–Crippen MR) is 167 cm³/mol. The van der Waals surface area contributed by atoms with Crippen LogP contribution in [-0.2, 0) is 26.5 Å². The van der Waals surface area contributed by atoms with E-state index >= 15 is 0 Å². The van der Waals surface area contributed by atoms with Gasteiger partial charge in [-0.25, -0.2) is 0 Å². The van der Waals surface area contributed by atoms with Crippen LogP contribution in [-0.4, -0.2) is 49.8 Å². The number of rotatable bonds is 6. The van der Waals surface area contributed by atoms with E-state index in [0.29, 0.717) is 38.4 Å². The van der Waals surface area contributed by atoms with Gasteiger partial charge in [-0.15, -0.1) is 0 Å². The SMILES string of the molecule is CC1(C)Cc2nc(C3CCOCC3)c(C(O)c3ccc(C(F)(F)F)cn3)c(C3=CCOCC3)c2[C@H](O[Si](C)(C)C(C)(C)C)C1. The Morgan fingerprint density at radius 3 is 2.34 bits per heavy atom. The Morgan fingerprint density at radius 2 is 1.77 bits per heavy atom. The average molecular weight is 633 g/mol. The highest BCUT2D eigenvalue weighted by molar-refractivity contribution is 6.74. The van der Waals surface area contributed by atoms with Gasteiger partial charge in [0.15, 0.2) is 8.32 Å². The number of aromatic nitrogens is 2. The molecule has 2 aromatic rings. The lowest BCUT2D eigenvalue weighted by atomic mass is 9.71. The molecule has 0 saturated carbocycles. The molecule has 10 heteroatoms. The zero-order valence-electron chi connectivity index (χ0n) is 27.1. The minimum atomic E-state index is -4.52. The summed E-state index contributed by atoms with van der Waals surface area (Å²) in [5.41, 5.74) is 4.69. The lowest BCUT2D eigenvalue weighted by Crippen LogP contribution is -2.44. The molecule has 44 heavy (non-hydrogen) atoms. The van der Waals surface area contributed by atoms with Crippen LogP contribution in [0.2, 0.25) is 18.1 Å². The number of hydrogen-bond acceptors (Lipinski definition) is 6. The molecular formula is C34H47F3N2O4Si. The first kappa shape index (κ1) is 33.3. The standard InChI is InChI=1S/C34H47F3N2O4Si/c1-32(2,3)44(6,7)43-26-19-33(4,5)18-25-28(26)27(21-10-14-41-15-11-21)29(30(39-25)22-12-16-42-17-13-22)31(40)24-9-8-23(20-38-24)34(35,36)37/h8-10,20,22,26,31,40H,11-19H2,1-7H3/t26-,31?/m1/s1. The van der Waals surface area contributed by atoms with Crippen LogP contribution in [0.4, 0.5) is 13.2 Å². The Kier molecular flexibility index (Phi) is 9.25. The topological polar surface area (TPSA) is 73.7 Å². The summed E-state index contributed by atoms with van der Waals surface area (Å²) < 4.78 is 58.9. The van der Waals surface area contributed by atoms with E-state index in [2.05, 4.69) is 58.8 Å². The molecule has 2 aliphatic heterocycles. The largest absolute Gasteiger partial charge is 0.417 e. The summed E-state index contributed by atoms with van der Waals surface area (Å²) in [5, 5.41) is 12.1. The molecule has 242 valence electrons. The molecule has 5 rings (SSSR count). The van der Waals surface area contributed by atoms with E-state index in [4.69, 9.17) is 18.9 Å². The molecule has 0 spiro atoms. The molecule has 1 N–H and O–H groups in total. The van der Waals surface area contributed by atoms with Crippen molar-refractivity contribution >= 4 is 13.9 Å². The fraction of sp³-hybridized carbons (Fsp3) is 0.647. The van der Waals surface area contributed by atoms with Crippen molar-refractivity contribution in [1.29, 1.82) is 0 Å². The van der Waals surface area contributed by atoms with Crippen molar-refractivity contribution in [2.24, 2.45) is 5.41 Å². The fourth-order valence-electron chi connectivity index (χ4n) is 6.47. The van der Waals surface area contributed by atoms with Gasteiger partial charge in [0.25, 0.3) is 0 Å². The summed E-state index contributed by atoms with van der Waals surface area (Å²) in [7, 11) is -2.24. The average Bonchev–Trinajstić information content (AvgIpc) is 2.95. The maximum absolute atomic E-state index is 13.4. The molecule has 1 unspecified atom stereocenters. The second kappa shape index (κ2) is 12.2. The van der Waals surface area contributed by atoms with E-state index < -0.39 is 26.2 Å². The normalized spacial score (nSPS) is 22.3. The number of ether oxygens (including phenoxy) is 2. The third kappa shape index (κ3) is 6.84. The Labute approximate surface area is 260 Å². The molecule has 3 aliphatic rings. The van der Waals surface area contributed by atoms with Gasteiger partial charge in [0.2, 0.25) is 0 Å². The summed E-state index contributed by atoms with van der Waals surface area (Å²) in [6.45, 7) is 17.9. The van der Waals surface area contributed by atoms with E-state index in [1.165, 1.54) is 6.07 Å². The van der Waals surface area contributed by atoms with Crippen molar-refractivity contribution in [2.45, 2.75) is 109 Å². The van der Waals surface area contributed by atoms with Gasteiger partial charge in [0.1, 0.15) is 6.10 Å². The van der Waals surface area contributed by atoms with Gasteiger partial charge in [0.05, 0.1) is 36.3 Å². The number of alkyl halides is 3. The summed E-state index contributed by atoms with van der Waals surface area (Å²) in [4.78, 5) is 9.54. The van der Waals surface area contributed by atoms with E-state index in [9.17, 15) is 18.3 Å². The van der Waals surface area contributed by atoms with Crippen LogP contribution in [0.1, 0.15) is 118 Å². The molecule has 1 fully saturated rings. The smallest absolute Gasteiger partial charge is 0.410 e. The third-order valence-corrected chi connectivity index (χ3v) is 14.4. The quantitative estimate of drug-likeness (QED) is 0.323. The second-order valence-corrected chi connectivity index (χ2v) is 19.6. The molecule has 2 atom stereocenters. The minimum absolute atomic E-state index is 0.0190. The van der Waals surface area contributed by atoms with E-state index in [-0.39, 0.29) is 28.2 Å². The summed E-state index contributed by atoms with van der Waals surface area (Å²) in [6, 6.07) is 2.28. The molecule has 0 amide bonds. The number of aliphatic hydroxyl groups excluding tert-OH is 1. The van der Waals surface area contributed by atoms with Crippen LogP contribution < -0.4 is 0 Å². The van der Waals surface area contributed by atoms with Crippen LogP contribution in [0.25, 0.3) is 5.57 Å². The Morgan fingerprint density at radius 1 is 1.07 bits per heavy atom. The van der Waals surface area contributed by atoms with Gasteiger partial charge >= 0.3 is 6.18 Å². The predicted octanol–water partition coefficient (Wildman–Crippen LogP) is 8.31. The highest BCUT2D eigenvalue weighted by atomic mass is 28.4. The van der Waals surface area contributed by atoms with Crippen molar-refractivity contribution in [1.82, 2.24) is 9.97 Å². The lowest BCUT2D eigenvalue weighted by Gasteiger charge is -2.45. The van der Waals surface area contributed by atoms with Crippen molar-refractivity contribution in [3.63, 3.8) is 0 Å². The number of pyridine rings is 2. The second-order valence-electron chi connectivity index (χ2n) is 14.9. The van der Waals surface area contributed by atoms with Crippen molar-refractivity contribution < 1.29 is 32.2 Å². The maximum atomic E-state index is 13.4. The number of fused-ring (bicyclic) bond motifs is 1. The third-order valence-electron chi connectivity index (χ3n) is 9.89. The Balaban J connectivity index is 1.78. The molecule has 1 aliphatic carbocycles. The highest BCUT2D eigenvalue weighted by Crippen LogP contribution is 2.52. The monoisotopic (exact) mass is 632 g/mol. The van der Waals surface area contributed by atoms with E-state index in [0.717, 1.165) is 66.0 Å². The number of nitrogens with zero attached hydrogens (tertiary/aromatic N) is 2. The zero-order valence-corrected chi connectivity index (χ0v) is 28.1.